The van der Waals surface area contributed by atoms with Gasteiger partial charge in [0.25, 0.3) is 0 Å². The van der Waals surface area contributed by atoms with Crippen LogP contribution in [0, 0.1) is 0 Å². The largest absolute Gasteiger partial charge is 0.494 e. The molecule has 5 aromatic rings. The number of nitrogens with zero attached hydrogens (tertiary/aromatic N) is 5. The summed E-state index contributed by atoms with van der Waals surface area (Å²) in [7, 11) is 2.18. The van der Waals surface area contributed by atoms with Crippen molar-refractivity contribution in [1.29, 1.82) is 0 Å². The molecule has 2 N–H and O–H groups in total. The number of piperazine rings is 1. The van der Waals surface area contributed by atoms with Crippen molar-refractivity contribution < 1.29 is 9.94 Å². The summed E-state index contributed by atoms with van der Waals surface area (Å²) in [5.41, 5.74) is 7.92. The lowest BCUT2D eigenvalue weighted by atomic mass is 10.1. The Hall–Kier alpha value is -3.79. The van der Waals surface area contributed by atoms with Crippen molar-refractivity contribution >= 4 is 39.4 Å². The Bertz CT molecular complexity index is 1550. The number of aromatic nitrogens is 3. The number of thiazole rings is 1. The van der Waals surface area contributed by atoms with Crippen LogP contribution < -0.4 is 0 Å². The van der Waals surface area contributed by atoms with Crippen LogP contribution in [0.3, 0.4) is 0 Å². The molecule has 8 nitrogen and oxygen atoms in total. The predicted molar refractivity (Wildman–Crippen MR) is 148 cm³/mol. The molecule has 188 valence electrons. The van der Waals surface area contributed by atoms with E-state index < -0.39 is 0 Å². The van der Waals surface area contributed by atoms with Gasteiger partial charge in [0.2, 0.25) is 0 Å². The molecule has 0 saturated carbocycles. The van der Waals surface area contributed by atoms with Crippen molar-refractivity contribution in [2.75, 3.05) is 33.2 Å². The number of fused-ring (bicyclic) bond motifs is 2. The van der Waals surface area contributed by atoms with Crippen LogP contribution in [0.4, 0.5) is 0 Å². The number of benzene rings is 2. The van der Waals surface area contributed by atoms with E-state index in [9.17, 15) is 5.11 Å². The molecule has 1 aliphatic heterocycles. The maximum absolute atomic E-state index is 10.7. The van der Waals surface area contributed by atoms with Crippen molar-refractivity contribution in [3.8, 4) is 17.1 Å². The van der Waals surface area contributed by atoms with E-state index in [1.54, 1.807) is 11.7 Å². The first kappa shape index (κ1) is 23.6. The fourth-order valence-electron chi connectivity index (χ4n) is 4.73. The maximum Gasteiger partial charge on any atom is 0.199 e. The molecule has 1 saturated heterocycles. The first-order chi connectivity index (χ1) is 18.1. The van der Waals surface area contributed by atoms with Gasteiger partial charge in [-0.1, -0.05) is 29.4 Å². The summed E-state index contributed by atoms with van der Waals surface area (Å²) >= 11 is 1.53. The minimum absolute atomic E-state index is 0.0995. The molecule has 0 bridgehead atoms. The predicted octanol–water partition coefficient (Wildman–Crippen LogP) is 4.84. The Labute approximate surface area is 218 Å². The molecule has 1 aliphatic rings. The molecule has 3 aromatic heterocycles. The second-order valence-electron chi connectivity index (χ2n) is 9.44. The molecule has 9 heteroatoms. The first-order valence-electron chi connectivity index (χ1n) is 12.3. The standard InChI is InChI=1S/C28H28N6O2S/c1-33-8-10-34(11-9-33)15-20-3-6-24-21(12-20)4-7-25(31-24)27-23-5-2-19(13-26(23)32-28(27)35)14-30-36-16-22-17-37-18-29-22/h2-7,12-14,17-18,32,35H,8-11,15-16H2,1H3/b30-14+. The van der Waals surface area contributed by atoms with E-state index >= 15 is 0 Å². The van der Waals surface area contributed by atoms with Gasteiger partial charge in [-0.05, 0) is 42.4 Å². The Balaban J connectivity index is 1.20. The minimum atomic E-state index is 0.0995. The SMILES string of the molecule is CN1CCN(Cc2ccc3nc(-c4c(O)[nH]c5cc(/C=N/OCc6cscn6)ccc45)ccc3c2)CC1. The second kappa shape index (κ2) is 10.3. The molecule has 0 amide bonds. The highest BCUT2D eigenvalue weighted by atomic mass is 32.1. The Morgan fingerprint density at radius 3 is 2.84 bits per heavy atom. The Morgan fingerprint density at radius 1 is 1.11 bits per heavy atom. The van der Waals surface area contributed by atoms with Crippen LogP contribution in [0.5, 0.6) is 5.88 Å². The van der Waals surface area contributed by atoms with Gasteiger partial charge in [0.15, 0.2) is 12.5 Å². The van der Waals surface area contributed by atoms with Gasteiger partial charge in [0, 0.05) is 54.4 Å². The van der Waals surface area contributed by atoms with E-state index in [0.29, 0.717) is 12.2 Å². The summed E-state index contributed by atoms with van der Waals surface area (Å²) in [6.07, 6.45) is 1.65. The van der Waals surface area contributed by atoms with Crippen LogP contribution in [0.15, 0.2) is 64.6 Å². The number of hydrogen-bond acceptors (Lipinski definition) is 8. The summed E-state index contributed by atoms with van der Waals surface area (Å²) in [6.45, 7) is 5.71. The highest BCUT2D eigenvalue weighted by Gasteiger charge is 2.16. The molecule has 37 heavy (non-hydrogen) atoms. The first-order valence-corrected chi connectivity index (χ1v) is 13.2. The molecule has 0 atom stereocenters. The summed E-state index contributed by atoms with van der Waals surface area (Å²) < 4.78 is 0. The molecule has 2 aromatic carbocycles. The molecule has 4 heterocycles. The van der Waals surface area contributed by atoms with Crippen LogP contribution in [0.2, 0.25) is 0 Å². The van der Waals surface area contributed by atoms with E-state index in [2.05, 4.69) is 56.2 Å². The third kappa shape index (κ3) is 5.20. The number of rotatable bonds is 7. The lowest BCUT2D eigenvalue weighted by Crippen LogP contribution is -2.43. The smallest absolute Gasteiger partial charge is 0.199 e. The highest BCUT2D eigenvalue weighted by molar-refractivity contribution is 7.07. The Kier molecular flexibility index (Phi) is 6.57. The maximum atomic E-state index is 10.7. The van der Waals surface area contributed by atoms with Gasteiger partial charge < -0.3 is 19.8 Å². The molecule has 1 fully saturated rings. The average Bonchev–Trinajstić information content (AvgIpc) is 3.54. The van der Waals surface area contributed by atoms with Crippen LogP contribution in [0.25, 0.3) is 33.1 Å². The Morgan fingerprint density at radius 2 is 2.00 bits per heavy atom. The molecule has 0 unspecified atom stereocenters. The summed E-state index contributed by atoms with van der Waals surface area (Å²) in [6, 6.07) is 16.4. The van der Waals surface area contributed by atoms with E-state index in [0.717, 1.165) is 71.5 Å². The molecule has 0 aliphatic carbocycles. The lowest BCUT2D eigenvalue weighted by Gasteiger charge is -2.32. The van der Waals surface area contributed by atoms with Gasteiger partial charge in [-0.25, -0.2) is 9.97 Å². The number of pyridine rings is 1. The van der Waals surface area contributed by atoms with E-state index in [1.807, 2.05) is 29.6 Å². The van der Waals surface area contributed by atoms with Gasteiger partial charge in [-0.15, -0.1) is 11.3 Å². The third-order valence-electron chi connectivity index (χ3n) is 6.79. The topological polar surface area (TPSA) is 89.9 Å². The minimum Gasteiger partial charge on any atom is -0.494 e. The van der Waals surface area contributed by atoms with Crippen molar-refractivity contribution in [2.24, 2.45) is 5.16 Å². The van der Waals surface area contributed by atoms with Gasteiger partial charge >= 0.3 is 0 Å². The lowest BCUT2D eigenvalue weighted by molar-refractivity contribution is 0.130. The highest BCUT2D eigenvalue weighted by Crippen LogP contribution is 2.36. The molecular formula is C28H28N6O2S. The zero-order valence-electron chi connectivity index (χ0n) is 20.6. The number of likely N-dealkylation sites (N-methyl/N-ethyl adjacent to an activating group) is 1. The third-order valence-corrected chi connectivity index (χ3v) is 7.42. The van der Waals surface area contributed by atoms with Crippen molar-refractivity contribution in [2.45, 2.75) is 13.2 Å². The summed E-state index contributed by atoms with van der Waals surface area (Å²) in [5, 5.41) is 18.7. The summed E-state index contributed by atoms with van der Waals surface area (Å²) in [4.78, 5) is 22.3. The zero-order valence-corrected chi connectivity index (χ0v) is 21.4. The number of H-pyrrole nitrogens is 1. The van der Waals surface area contributed by atoms with Crippen LogP contribution >= 0.6 is 11.3 Å². The molecule has 0 spiro atoms. The quantitative estimate of drug-likeness (QED) is 0.240. The fourth-order valence-corrected chi connectivity index (χ4v) is 5.27. The number of nitrogens with one attached hydrogen (secondary N) is 1. The molecular weight excluding hydrogens is 484 g/mol. The molecule has 6 rings (SSSR count). The van der Waals surface area contributed by atoms with Gasteiger partial charge in [0.05, 0.1) is 34.2 Å². The number of oxime groups is 1. The average molecular weight is 513 g/mol. The number of aromatic hydroxyl groups is 1. The summed E-state index contributed by atoms with van der Waals surface area (Å²) in [5.74, 6) is 0.0995. The van der Waals surface area contributed by atoms with Crippen molar-refractivity contribution in [3.63, 3.8) is 0 Å². The number of hydrogen-bond donors (Lipinski definition) is 2. The van der Waals surface area contributed by atoms with Gasteiger partial charge in [0.1, 0.15) is 0 Å². The van der Waals surface area contributed by atoms with Crippen LogP contribution in [-0.4, -0.2) is 69.3 Å². The van der Waals surface area contributed by atoms with Crippen molar-refractivity contribution in [3.05, 3.63) is 76.2 Å². The fraction of sp³-hybridized carbons (Fsp3) is 0.250. The van der Waals surface area contributed by atoms with E-state index in [-0.39, 0.29) is 5.88 Å². The molecule has 0 radical (unpaired) electrons. The second-order valence-corrected chi connectivity index (χ2v) is 10.2. The number of aromatic amines is 1. The monoisotopic (exact) mass is 512 g/mol. The zero-order chi connectivity index (χ0) is 25.2. The van der Waals surface area contributed by atoms with Crippen molar-refractivity contribution in [1.82, 2.24) is 24.8 Å². The normalized spacial score (nSPS) is 15.3. The van der Waals surface area contributed by atoms with E-state index in [4.69, 9.17) is 9.82 Å². The van der Waals surface area contributed by atoms with Crippen LogP contribution in [0.1, 0.15) is 16.8 Å². The van der Waals surface area contributed by atoms with Crippen LogP contribution in [-0.2, 0) is 18.0 Å². The van der Waals surface area contributed by atoms with Gasteiger partial charge in [-0.3, -0.25) is 4.90 Å². The van der Waals surface area contributed by atoms with Gasteiger partial charge in [-0.2, -0.15) is 0 Å². The van der Waals surface area contributed by atoms with E-state index in [1.165, 1.54) is 16.9 Å².